The van der Waals surface area contributed by atoms with Gasteiger partial charge in [0.2, 0.25) is 0 Å². The summed E-state index contributed by atoms with van der Waals surface area (Å²) in [6, 6.07) is 0. The number of rotatable bonds is 2. The average molecular weight is 147 g/mol. The van der Waals surface area contributed by atoms with Crippen molar-refractivity contribution < 1.29 is 0 Å². The molecule has 11 heavy (non-hydrogen) atoms. The van der Waals surface area contributed by atoms with Gasteiger partial charge in [0.1, 0.15) is 0 Å². The van der Waals surface area contributed by atoms with Gasteiger partial charge in [-0.1, -0.05) is 18.7 Å². The second-order valence-electron chi connectivity index (χ2n) is 2.64. The number of hydrogen-bond donors (Lipinski definition) is 0. The minimum atomic E-state index is 0.961. The molecule has 0 atom stereocenters. The van der Waals surface area contributed by atoms with Crippen molar-refractivity contribution in [2.45, 2.75) is 20.3 Å². The lowest BCUT2D eigenvalue weighted by Gasteiger charge is -1.91. The Morgan fingerprint density at radius 2 is 2.27 bits per heavy atom. The van der Waals surface area contributed by atoms with Crippen LogP contribution >= 0.6 is 0 Å². The minimum Gasteiger partial charge on any atom is -0.258 e. The van der Waals surface area contributed by atoms with E-state index in [1.165, 1.54) is 11.3 Å². The highest BCUT2D eigenvalue weighted by Crippen LogP contribution is 2.21. The maximum atomic E-state index is 4.37. The molecule has 0 radical (unpaired) electrons. The summed E-state index contributed by atoms with van der Waals surface area (Å²) < 4.78 is 0. The van der Waals surface area contributed by atoms with Crippen molar-refractivity contribution in [2.24, 2.45) is 4.99 Å². The molecule has 1 heterocycles. The van der Waals surface area contributed by atoms with Crippen LogP contribution in [0, 0.1) is 0 Å². The summed E-state index contributed by atoms with van der Waals surface area (Å²) >= 11 is 0. The zero-order chi connectivity index (χ0) is 8.27. The molecule has 1 aliphatic rings. The highest BCUT2D eigenvalue weighted by molar-refractivity contribution is 5.89. The molecule has 1 aliphatic heterocycles. The van der Waals surface area contributed by atoms with Crippen molar-refractivity contribution in [1.29, 1.82) is 0 Å². The van der Waals surface area contributed by atoms with Crippen molar-refractivity contribution >= 4 is 5.71 Å². The Morgan fingerprint density at radius 3 is 2.82 bits per heavy atom. The first kappa shape index (κ1) is 7.99. The van der Waals surface area contributed by atoms with Gasteiger partial charge in [-0.2, -0.15) is 0 Å². The van der Waals surface area contributed by atoms with E-state index < -0.39 is 0 Å². The first-order valence-corrected chi connectivity index (χ1v) is 3.80. The number of aliphatic imine (C=N–C) groups is 1. The number of nitrogens with zero attached hydrogens (tertiary/aromatic N) is 1. The zero-order valence-electron chi connectivity index (χ0n) is 7.09. The van der Waals surface area contributed by atoms with Gasteiger partial charge in [-0.15, -0.1) is 0 Å². The number of allylic oxidation sites excluding steroid dienone is 4. The lowest BCUT2D eigenvalue weighted by molar-refractivity contribution is 1.35. The molecule has 0 aromatic heterocycles. The molecule has 1 nitrogen and oxygen atoms in total. The maximum Gasteiger partial charge on any atom is 0.0661 e. The summed E-state index contributed by atoms with van der Waals surface area (Å²) in [5.41, 5.74) is 3.48. The predicted octanol–water partition coefficient (Wildman–Crippen LogP) is 2.87. The van der Waals surface area contributed by atoms with E-state index in [1.54, 1.807) is 0 Å². The quantitative estimate of drug-likeness (QED) is 0.569. The van der Waals surface area contributed by atoms with Crippen LogP contribution in [0.5, 0.6) is 0 Å². The Morgan fingerprint density at radius 1 is 1.55 bits per heavy atom. The predicted molar refractivity (Wildman–Crippen MR) is 49.8 cm³/mol. The lowest BCUT2D eigenvalue weighted by Crippen LogP contribution is -1.83. The van der Waals surface area contributed by atoms with Gasteiger partial charge >= 0.3 is 0 Å². The fraction of sp³-hybridized carbons (Fsp3) is 0.300. The first-order valence-electron chi connectivity index (χ1n) is 3.80. The van der Waals surface area contributed by atoms with Crippen molar-refractivity contribution in [3.8, 4) is 0 Å². The van der Waals surface area contributed by atoms with Crippen molar-refractivity contribution in [3.63, 3.8) is 0 Å². The van der Waals surface area contributed by atoms with Crippen LogP contribution in [0.1, 0.15) is 20.3 Å². The molecule has 58 valence electrons. The smallest absolute Gasteiger partial charge is 0.0661 e. The summed E-state index contributed by atoms with van der Waals surface area (Å²) in [6.45, 7) is 7.78. The van der Waals surface area contributed by atoms with Crippen molar-refractivity contribution in [1.82, 2.24) is 0 Å². The molecule has 0 spiro atoms. The number of hydrogen-bond acceptors (Lipinski definition) is 1. The van der Waals surface area contributed by atoms with E-state index in [0.717, 1.165) is 12.1 Å². The summed E-state index contributed by atoms with van der Waals surface area (Å²) in [4.78, 5) is 4.37. The Kier molecular flexibility index (Phi) is 2.42. The third kappa shape index (κ3) is 1.67. The summed E-state index contributed by atoms with van der Waals surface area (Å²) in [7, 11) is 0. The van der Waals surface area contributed by atoms with Crippen LogP contribution in [0.3, 0.4) is 0 Å². The second kappa shape index (κ2) is 3.33. The van der Waals surface area contributed by atoms with E-state index in [0.29, 0.717) is 0 Å². The van der Waals surface area contributed by atoms with Gasteiger partial charge in [0.05, 0.1) is 5.70 Å². The van der Waals surface area contributed by atoms with Crippen molar-refractivity contribution in [2.75, 3.05) is 0 Å². The molecule has 0 aliphatic carbocycles. The summed E-state index contributed by atoms with van der Waals surface area (Å²) in [5.74, 6) is 0. The molecule has 0 fully saturated rings. The van der Waals surface area contributed by atoms with E-state index >= 15 is 0 Å². The molecule has 0 saturated heterocycles. The maximum absolute atomic E-state index is 4.37. The second-order valence-corrected chi connectivity index (χ2v) is 2.64. The van der Waals surface area contributed by atoms with E-state index in [2.05, 4.69) is 11.6 Å². The van der Waals surface area contributed by atoms with Crippen LogP contribution in [0.15, 0.2) is 41.1 Å². The molecule has 0 N–H and O–H groups in total. The van der Waals surface area contributed by atoms with Gasteiger partial charge in [0, 0.05) is 12.1 Å². The molecule has 0 amide bonds. The molecule has 0 saturated carbocycles. The third-order valence-electron chi connectivity index (χ3n) is 1.66. The van der Waals surface area contributed by atoms with E-state index in [9.17, 15) is 0 Å². The van der Waals surface area contributed by atoms with Gasteiger partial charge in [-0.25, -0.2) is 0 Å². The van der Waals surface area contributed by atoms with Crippen LogP contribution < -0.4 is 0 Å². The normalized spacial score (nSPS) is 17.8. The van der Waals surface area contributed by atoms with E-state index in [1.807, 2.05) is 32.1 Å². The van der Waals surface area contributed by atoms with E-state index in [-0.39, 0.29) is 0 Å². The molecule has 0 aromatic carbocycles. The molecular formula is C10H13N. The van der Waals surface area contributed by atoms with Crippen LogP contribution in [0.2, 0.25) is 0 Å². The molecular weight excluding hydrogens is 134 g/mol. The Bertz CT molecular complexity index is 254. The standard InChI is InChI=1S/C10H13N/c1-4-6-10-9(5-2)7-8(3)11-10/h4-6H,2,7H2,1,3H3/b6-4-. The Hall–Kier alpha value is -1.11. The average Bonchev–Trinajstić information content (AvgIpc) is 2.32. The summed E-state index contributed by atoms with van der Waals surface area (Å²) in [6.07, 6.45) is 6.87. The fourth-order valence-electron chi connectivity index (χ4n) is 1.16. The molecule has 1 heteroatoms. The monoisotopic (exact) mass is 147 g/mol. The van der Waals surface area contributed by atoms with Crippen LogP contribution in [0.4, 0.5) is 0 Å². The molecule has 0 bridgehead atoms. The highest BCUT2D eigenvalue weighted by Gasteiger charge is 2.08. The Balaban J connectivity index is 2.91. The summed E-state index contributed by atoms with van der Waals surface area (Å²) in [5, 5.41) is 0. The van der Waals surface area contributed by atoms with E-state index in [4.69, 9.17) is 0 Å². The van der Waals surface area contributed by atoms with Crippen molar-refractivity contribution in [3.05, 3.63) is 36.1 Å². The van der Waals surface area contributed by atoms with Crippen LogP contribution in [0.25, 0.3) is 0 Å². The zero-order valence-corrected chi connectivity index (χ0v) is 7.09. The lowest BCUT2D eigenvalue weighted by atomic mass is 10.1. The highest BCUT2D eigenvalue weighted by atomic mass is 14.8. The van der Waals surface area contributed by atoms with Crippen LogP contribution in [-0.4, -0.2) is 5.71 Å². The topological polar surface area (TPSA) is 12.4 Å². The third-order valence-corrected chi connectivity index (χ3v) is 1.66. The van der Waals surface area contributed by atoms with Gasteiger partial charge in [-0.3, -0.25) is 4.99 Å². The minimum absolute atomic E-state index is 0.961. The SMILES string of the molecule is C=CC1=C(/C=C\C)N=C(C)C1. The fourth-order valence-corrected chi connectivity index (χ4v) is 1.16. The molecule has 1 rings (SSSR count). The van der Waals surface area contributed by atoms with Gasteiger partial charge < -0.3 is 0 Å². The Labute approximate surface area is 67.8 Å². The largest absolute Gasteiger partial charge is 0.258 e. The van der Waals surface area contributed by atoms with Gasteiger partial charge in [0.15, 0.2) is 0 Å². The molecule has 0 aromatic rings. The van der Waals surface area contributed by atoms with Crippen LogP contribution in [-0.2, 0) is 0 Å². The van der Waals surface area contributed by atoms with Gasteiger partial charge in [0.25, 0.3) is 0 Å². The first-order chi connectivity index (χ1) is 5.27. The van der Waals surface area contributed by atoms with Gasteiger partial charge in [-0.05, 0) is 25.5 Å². The molecule has 0 unspecified atom stereocenters.